The second kappa shape index (κ2) is 7.60. The second-order valence-corrected chi connectivity index (χ2v) is 5.98. The summed E-state index contributed by atoms with van der Waals surface area (Å²) >= 11 is 0. The summed E-state index contributed by atoms with van der Waals surface area (Å²) in [7, 11) is 0. The highest BCUT2D eigenvalue weighted by Crippen LogP contribution is 2.34. The van der Waals surface area contributed by atoms with Crippen LogP contribution in [0.4, 0.5) is 30.2 Å². The Morgan fingerprint density at radius 2 is 1.67 bits per heavy atom. The van der Waals surface area contributed by atoms with E-state index in [1.165, 1.54) is 11.6 Å². The van der Waals surface area contributed by atoms with E-state index in [0.29, 0.717) is 11.6 Å². The minimum Gasteiger partial charge on any atom is -0.399 e. The molecule has 1 atom stereocenters. The predicted octanol–water partition coefficient (Wildman–Crippen LogP) is 6.32. The molecule has 0 amide bonds. The molecule has 2 aromatic carbocycles. The van der Waals surface area contributed by atoms with Crippen LogP contribution < -0.4 is 11.1 Å². The lowest BCUT2D eigenvalue weighted by Gasteiger charge is -2.16. The first-order chi connectivity index (χ1) is 11.3. The highest BCUT2D eigenvalue weighted by atomic mass is 19.4. The summed E-state index contributed by atoms with van der Waals surface area (Å²) in [4.78, 5) is 0. The minimum atomic E-state index is -4.41. The quantitative estimate of drug-likeness (QED) is 0.605. The molecule has 130 valence electrons. The number of hydrogen-bond donors (Lipinski definition) is 2. The van der Waals surface area contributed by atoms with Crippen molar-refractivity contribution in [1.29, 1.82) is 0 Å². The number of halogens is 3. The van der Waals surface area contributed by atoms with E-state index in [4.69, 9.17) is 5.73 Å². The van der Waals surface area contributed by atoms with Crippen LogP contribution in [0, 0.1) is 0 Å². The van der Waals surface area contributed by atoms with Crippen LogP contribution in [0.2, 0.25) is 0 Å². The zero-order chi connectivity index (χ0) is 17.7. The molecule has 3 N–H and O–H groups in total. The van der Waals surface area contributed by atoms with Crippen molar-refractivity contribution in [1.82, 2.24) is 0 Å². The van der Waals surface area contributed by atoms with E-state index in [9.17, 15) is 13.2 Å². The Kier molecular flexibility index (Phi) is 5.75. The van der Waals surface area contributed by atoms with E-state index >= 15 is 0 Å². The smallest absolute Gasteiger partial charge is 0.399 e. The first-order valence-corrected chi connectivity index (χ1v) is 8.18. The van der Waals surface area contributed by atoms with Gasteiger partial charge in [-0.1, -0.05) is 32.4 Å². The average molecular weight is 336 g/mol. The van der Waals surface area contributed by atoms with E-state index in [1.54, 1.807) is 0 Å². The SMILES string of the molecule is CCCC(CC)c1ccc(Nc2cc(N)cc(C(F)(F)F)c2)cc1. The number of benzene rings is 2. The van der Waals surface area contributed by atoms with Gasteiger partial charge in [0.1, 0.15) is 0 Å². The summed E-state index contributed by atoms with van der Waals surface area (Å²) < 4.78 is 38.6. The van der Waals surface area contributed by atoms with E-state index < -0.39 is 11.7 Å². The van der Waals surface area contributed by atoms with Gasteiger partial charge < -0.3 is 11.1 Å². The summed E-state index contributed by atoms with van der Waals surface area (Å²) in [5, 5.41) is 2.99. The highest BCUT2D eigenvalue weighted by Gasteiger charge is 2.31. The van der Waals surface area contributed by atoms with Crippen molar-refractivity contribution in [2.75, 3.05) is 11.1 Å². The Labute approximate surface area is 140 Å². The third kappa shape index (κ3) is 4.66. The lowest BCUT2D eigenvalue weighted by atomic mass is 9.92. The van der Waals surface area contributed by atoms with Gasteiger partial charge in [-0.25, -0.2) is 0 Å². The van der Waals surface area contributed by atoms with Crippen LogP contribution in [0.1, 0.15) is 50.2 Å². The Morgan fingerprint density at radius 1 is 1.00 bits per heavy atom. The molecule has 0 heterocycles. The van der Waals surface area contributed by atoms with Gasteiger partial charge in [0.2, 0.25) is 0 Å². The third-order valence-corrected chi connectivity index (χ3v) is 4.08. The number of alkyl halides is 3. The molecule has 0 bridgehead atoms. The number of anilines is 3. The van der Waals surface area contributed by atoms with E-state index in [2.05, 4.69) is 19.2 Å². The normalized spacial score (nSPS) is 12.9. The van der Waals surface area contributed by atoms with Crippen LogP contribution in [-0.4, -0.2) is 0 Å². The summed E-state index contributed by atoms with van der Waals surface area (Å²) in [6, 6.07) is 11.3. The van der Waals surface area contributed by atoms with Crippen molar-refractivity contribution in [2.45, 2.75) is 45.2 Å². The molecule has 0 spiro atoms. The van der Waals surface area contributed by atoms with Gasteiger partial charge in [0.15, 0.2) is 0 Å². The molecule has 2 aromatic rings. The lowest BCUT2D eigenvalue weighted by Crippen LogP contribution is -2.06. The zero-order valence-corrected chi connectivity index (χ0v) is 14.0. The summed E-state index contributed by atoms with van der Waals surface area (Å²) in [6.45, 7) is 4.33. The van der Waals surface area contributed by atoms with Gasteiger partial charge in [0.25, 0.3) is 0 Å². The summed E-state index contributed by atoms with van der Waals surface area (Å²) in [6.07, 6.45) is -1.08. The first kappa shape index (κ1) is 18.2. The zero-order valence-electron chi connectivity index (χ0n) is 14.0. The summed E-state index contributed by atoms with van der Waals surface area (Å²) in [5.74, 6) is 0.522. The van der Waals surface area contributed by atoms with E-state index in [1.807, 2.05) is 24.3 Å². The van der Waals surface area contributed by atoms with Gasteiger partial charge in [-0.05, 0) is 54.7 Å². The van der Waals surface area contributed by atoms with Gasteiger partial charge in [0.05, 0.1) is 5.56 Å². The topological polar surface area (TPSA) is 38.0 Å². The van der Waals surface area contributed by atoms with Crippen LogP contribution in [0.15, 0.2) is 42.5 Å². The van der Waals surface area contributed by atoms with Gasteiger partial charge in [0, 0.05) is 17.1 Å². The fraction of sp³-hybridized carbons (Fsp3) is 0.368. The maximum atomic E-state index is 12.9. The van der Waals surface area contributed by atoms with Crippen LogP contribution >= 0.6 is 0 Å². The maximum absolute atomic E-state index is 12.9. The van der Waals surface area contributed by atoms with Crippen LogP contribution in [-0.2, 0) is 6.18 Å². The molecule has 2 rings (SSSR count). The van der Waals surface area contributed by atoms with Crippen molar-refractivity contribution in [3.05, 3.63) is 53.6 Å². The van der Waals surface area contributed by atoms with Crippen molar-refractivity contribution in [2.24, 2.45) is 0 Å². The fourth-order valence-electron chi connectivity index (χ4n) is 2.85. The monoisotopic (exact) mass is 336 g/mol. The average Bonchev–Trinajstić information content (AvgIpc) is 2.52. The number of rotatable bonds is 6. The van der Waals surface area contributed by atoms with E-state index in [-0.39, 0.29) is 5.69 Å². The number of nitrogens with one attached hydrogen (secondary N) is 1. The van der Waals surface area contributed by atoms with Crippen LogP contribution in [0.25, 0.3) is 0 Å². The molecule has 1 unspecified atom stereocenters. The molecular formula is C19H23F3N2. The second-order valence-electron chi connectivity index (χ2n) is 5.98. The molecule has 5 heteroatoms. The Balaban J connectivity index is 2.18. The molecule has 0 radical (unpaired) electrons. The fourth-order valence-corrected chi connectivity index (χ4v) is 2.85. The maximum Gasteiger partial charge on any atom is 0.416 e. The Bertz CT molecular complexity index is 663. The molecule has 2 nitrogen and oxygen atoms in total. The largest absolute Gasteiger partial charge is 0.416 e. The molecule has 0 aliphatic heterocycles. The van der Waals surface area contributed by atoms with Crippen LogP contribution in [0.3, 0.4) is 0 Å². The molecule has 24 heavy (non-hydrogen) atoms. The van der Waals surface area contributed by atoms with Crippen molar-refractivity contribution < 1.29 is 13.2 Å². The molecule has 0 aliphatic rings. The molecule has 0 saturated heterocycles. The van der Waals surface area contributed by atoms with Gasteiger partial charge in [-0.15, -0.1) is 0 Å². The number of nitrogens with two attached hydrogens (primary N) is 1. The Hall–Kier alpha value is -2.17. The highest BCUT2D eigenvalue weighted by molar-refractivity contribution is 5.65. The first-order valence-electron chi connectivity index (χ1n) is 8.18. The van der Waals surface area contributed by atoms with Gasteiger partial charge in [-0.2, -0.15) is 13.2 Å². The van der Waals surface area contributed by atoms with Crippen molar-refractivity contribution in [3.63, 3.8) is 0 Å². The molecule has 0 aromatic heterocycles. The van der Waals surface area contributed by atoms with E-state index in [0.717, 1.165) is 37.1 Å². The standard InChI is InChI=1S/C19H23F3N2/c1-3-5-13(4-2)14-6-8-17(9-7-14)24-18-11-15(19(20,21)22)10-16(23)12-18/h6-13,24H,3-5,23H2,1-2H3. The molecule has 0 aliphatic carbocycles. The van der Waals surface area contributed by atoms with Crippen LogP contribution in [0.5, 0.6) is 0 Å². The molecule has 0 saturated carbocycles. The van der Waals surface area contributed by atoms with Crippen molar-refractivity contribution in [3.8, 4) is 0 Å². The summed E-state index contributed by atoms with van der Waals surface area (Å²) in [5.41, 5.74) is 7.24. The Morgan fingerprint density at radius 3 is 2.21 bits per heavy atom. The van der Waals surface area contributed by atoms with Crippen molar-refractivity contribution >= 4 is 17.1 Å². The third-order valence-electron chi connectivity index (χ3n) is 4.08. The lowest BCUT2D eigenvalue weighted by molar-refractivity contribution is -0.137. The number of nitrogen functional groups attached to an aromatic ring is 1. The van der Waals surface area contributed by atoms with Gasteiger partial charge >= 0.3 is 6.18 Å². The molecular weight excluding hydrogens is 313 g/mol. The molecule has 0 fully saturated rings. The van der Waals surface area contributed by atoms with Gasteiger partial charge in [-0.3, -0.25) is 0 Å². The number of hydrogen-bond acceptors (Lipinski definition) is 2. The predicted molar refractivity (Wildman–Crippen MR) is 93.5 cm³/mol. The minimum absolute atomic E-state index is 0.0814.